The van der Waals surface area contributed by atoms with Crippen LogP contribution in [0, 0.1) is 17.5 Å². The van der Waals surface area contributed by atoms with Crippen molar-refractivity contribution in [2.75, 3.05) is 5.32 Å². The quantitative estimate of drug-likeness (QED) is 0.753. The van der Waals surface area contributed by atoms with Gasteiger partial charge in [-0.25, -0.2) is 13.2 Å². The van der Waals surface area contributed by atoms with Crippen molar-refractivity contribution < 1.29 is 18.0 Å². The van der Waals surface area contributed by atoms with Gasteiger partial charge in [0.05, 0.1) is 5.56 Å². The van der Waals surface area contributed by atoms with E-state index in [-0.39, 0.29) is 5.56 Å². The monoisotopic (exact) mass is 407 g/mol. The van der Waals surface area contributed by atoms with Gasteiger partial charge in [0.15, 0.2) is 11.6 Å². The molecule has 20 heavy (non-hydrogen) atoms. The number of halogens is 5. The van der Waals surface area contributed by atoms with E-state index in [1.165, 1.54) is 6.07 Å². The minimum atomic E-state index is -1.18. The van der Waals surface area contributed by atoms with Crippen molar-refractivity contribution in [1.29, 1.82) is 0 Å². The highest BCUT2D eigenvalue weighted by Crippen LogP contribution is 2.25. The number of nitrogens with one attached hydrogen (secondary N) is 1. The van der Waals surface area contributed by atoms with Gasteiger partial charge >= 0.3 is 0 Å². The van der Waals surface area contributed by atoms with Gasteiger partial charge in [0.1, 0.15) is 11.5 Å². The van der Waals surface area contributed by atoms with Gasteiger partial charge in [-0.2, -0.15) is 0 Å². The molecular formula is C13H6Br2F3NO. The number of hydrogen-bond donors (Lipinski definition) is 1. The fraction of sp³-hybridized carbons (Fsp3) is 0. The summed E-state index contributed by atoms with van der Waals surface area (Å²) in [4.78, 5) is 12.0. The van der Waals surface area contributed by atoms with E-state index in [1.807, 2.05) is 0 Å². The first-order chi connectivity index (χ1) is 9.38. The predicted molar refractivity (Wildman–Crippen MR) is 76.1 cm³/mol. The van der Waals surface area contributed by atoms with Crippen LogP contribution in [-0.4, -0.2) is 5.91 Å². The molecule has 0 saturated carbocycles. The Hall–Kier alpha value is -1.34. The number of hydrogen-bond acceptors (Lipinski definition) is 1. The van der Waals surface area contributed by atoms with Crippen molar-refractivity contribution >= 4 is 43.5 Å². The lowest BCUT2D eigenvalue weighted by Crippen LogP contribution is -2.15. The number of carbonyl (C=O) groups excluding carboxylic acids is 1. The Morgan fingerprint density at radius 3 is 2.15 bits per heavy atom. The van der Waals surface area contributed by atoms with Crippen LogP contribution in [-0.2, 0) is 0 Å². The smallest absolute Gasteiger partial charge is 0.256 e. The summed E-state index contributed by atoms with van der Waals surface area (Å²) in [7, 11) is 0. The van der Waals surface area contributed by atoms with Crippen LogP contribution in [0.4, 0.5) is 18.9 Å². The Morgan fingerprint density at radius 2 is 1.60 bits per heavy atom. The van der Waals surface area contributed by atoms with Crippen molar-refractivity contribution in [2.45, 2.75) is 0 Å². The molecule has 0 saturated heterocycles. The molecule has 0 aliphatic carbocycles. The summed E-state index contributed by atoms with van der Waals surface area (Å²) in [6, 6.07) is 5.69. The molecule has 0 spiro atoms. The predicted octanol–water partition coefficient (Wildman–Crippen LogP) is 4.88. The van der Waals surface area contributed by atoms with Gasteiger partial charge in [0.2, 0.25) is 0 Å². The van der Waals surface area contributed by atoms with E-state index < -0.39 is 29.0 Å². The van der Waals surface area contributed by atoms with E-state index >= 15 is 0 Å². The minimum absolute atomic E-state index is 0.191. The molecule has 0 aliphatic rings. The Labute approximate surface area is 129 Å². The Bertz CT molecular complexity index is 668. The molecule has 0 bridgehead atoms. The maximum atomic E-state index is 13.4. The highest BCUT2D eigenvalue weighted by atomic mass is 79.9. The fourth-order valence-corrected chi connectivity index (χ4v) is 2.74. The van der Waals surface area contributed by atoms with Crippen LogP contribution < -0.4 is 5.32 Å². The lowest BCUT2D eigenvalue weighted by Gasteiger charge is -2.09. The highest BCUT2D eigenvalue weighted by molar-refractivity contribution is 9.11. The van der Waals surface area contributed by atoms with Crippen LogP contribution in [0.25, 0.3) is 0 Å². The first-order valence-electron chi connectivity index (χ1n) is 5.29. The van der Waals surface area contributed by atoms with Crippen LogP contribution in [0.2, 0.25) is 0 Å². The SMILES string of the molecule is O=C(Nc1c(F)cc(F)cc1F)c1ccc(Br)cc1Br. The number of anilines is 1. The Morgan fingerprint density at radius 1 is 1.00 bits per heavy atom. The minimum Gasteiger partial charge on any atom is -0.317 e. The Kier molecular flexibility index (Phi) is 4.49. The number of benzene rings is 2. The van der Waals surface area contributed by atoms with Crippen molar-refractivity contribution in [3.05, 3.63) is 62.3 Å². The maximum Gasteiger partial charge on any atom is 0.256 e. The normalized spacial score (nSPS) is 10.4. The molecule has 2 nitrogen and oxygen atoms in total. The van der Waals surface area contributed by atoms with Crippen LogP contribution in [0.5, 0.6) is 0 Å². The zero-order valence-electron chi connectivity index (χ0n) is 9.68. The average molecular weight is 409 g/mol. The molecule has 0 atom stereocenters. The van der Waals surface area contributed by atoms with Gasteiger partial charge in [-0.3, -0.25) is 4.79 Å². The summed E-state index contributed by atoms with van der Waals surface area (Å²) in [5.41, 5.74) is -0.498. The van der Waals surface area contributed by atoms with E-state index in [0.717, 1.165) is 4.47 Å². The number of rotatable bonds is 2. The molecule has 2 aromatic rings. The highest BCUT2D eigenvalue weighted by Gasteiger charge is 2.17. The second kappa shape index (κ2) is 5.97. The molecule has 0 aromatic heterocycles. The van der Waals surface area contributed by atoms with Crippen molar-refractivity contribution in [3.63, 3.8) is 0 Å². The van der Waals surface area contributed by atoms with Gasteiger partial charge in [-0.15, -0.1) is 0 Å². The standard InChI is InChI=1S/C13H6Br2F3NO/c14-6-1-2-8(9(15)3-6)13(20)19-12-10(17)4-7(16)5-11(12)18/h1-5H,(H,19,20). The third-order valence-corrected chi connectivity index (χ3v) is 3.57. The molecule has 0 aliphatic heterocycles. The topological polar surface area (TPSA) is 29.1 Å². The van der Waals surface area contributed by atoms with Crippen molar-refractivity contribution in [2.24, 2.45) is 0 Å². The summed E-state index contributed by atoms with van der Waals surface area (Å²) in [6.45, 7) is 0. The van der Waals surface area contributed by atoms with E-state index in [4.69, 9.17) is 0 Å². The fourth-order valence-electron chi connectivity index (χ4n) is 1.52. The molecule has 1 N–H and O–H groups in total. The van der Waals surface area contributed by atoms with Crippen LogP contribution in [0.15, 0.2) is 39.3 Å². The summed E-state index contributed by atoms with van der Waals surface area (Å²) in [6.07, 6.45) is 0. The van der Waals surface area contributed by atoms with Crippen molar-refractivity contribution in [1.82, 2.24) is 0 Å². The van der Waals surface area contributed by atoms with Gasteiger partial charge in [-0.1, -0.05) is 15.9 Å². The number of carbonyl (C=O) groups is 1. The molecular weight excluding hydrogens is 403 g/mol. The van der Waals surface area contributed by atoms with Crippen LogP contribution in [0.1, 0.15) is 10.4 Å². The molecule has 0 unspecified atom stereocenters. The lowest BCUT2D eigenvalue weighted by molar-refractivity contribution is 0.102. The third kappa shape index (κ3) is 3.21. The molecule has 0 radical (unpaired) electrons. The molecule has 2 aromatic carbocycles. The zero-order valence-corrected chi connectivity index (χ0v) is 12.9. The van der Waals surface area contributed by atoms with Crippen molar-refractivity contribution in [3.8, 4) is 0 Å². The first-order valence-corrected chi connectivity index (χ1v) is 6.88. The van der Waals surface area contributed by atoms with E-state index in [0.29, 0.717) is 16.6 Å². The molecule has 0 fully saturated rings. The second-order valence-electron chi connectivity index (χ2n) is 3.82. The summed E-state index contributed by atoms with van der Waals surface area (Å²) >= 11 is 6.39. The lowest BCUT2D eigenvalue weighted by atomic mass is 10.2. The third-order valence-electron chi connectivity index (χ3n) is 2.42. The summed E-state index contributed by atoms with van der Waals surface area (Å²) in [5, 5.41) is 2.08. The Balaban J connectivity index is 2.33. The van der Waals surface area contributed by atoms with Crippen LogP contribution >= 0.6 is 31.9 Å². The van der Waals surface area contributed by atoms with E-state index in [1.54, 1.807) is 12.1 Å². The summed E-state index contributed by atoms with van der Waals surface area (Å²) in [5.74, 6) is -4.12. The molecule has 7 heteroatoms. The van der Waals surface area contributed by atoms with Crippen LogP contribution in [0.3, 0.4) is 0 Å². The molecule has 0 heterocycles. The van der Waals surface area contributed by atoms with Gasteiger partial charge in [0.25, 0.3) is 5.91 Å². The van der Waals surface area contributed by atoms with Gasteiger partial charge in [-0.05, 0) is 34.1 Å². The average Bonchev–Trinajstić information content (AvgIpc) is 2.33. The first kappa shape index (κ1) is 15.1. The largest absolute Gasteiger partial charge is 0.317 e. The molecule has 1 amide bonds. The van der Waals surface area contributed by atoms with Gasteiger partial charge in [0, 0.05) is 21.1 Å². The maximum absolute atomic E-state index is 13.4. The molecule has 2 rings (SSSR count). The second-order valence-corrected chi connectivity index (χ2v) is 5.59. The van der Waals surface area contributed by atoms with Gasteiger partial charge < -0.3 is 5.32 Å². The molecule has 104 valence electrons. The van der Waals surface area contributed by atoms with E-state index in [9.17, 15) is 18.0 Å². The number of amides is 1. The van der Waals surface area contributed by atoms with E-state index in [2.05, 4.69) is 37.2 Å². The zero-order chi connectivity index (χ0) is 14.9. The summed E-state index contributed by atoms with van der Waals surface area (Å²) < 4.78 is 40.8.